The normalized spacial score (nSPS) is 11.7. The van der Waals surface area contributed by atoms with Gasteiger partial charge in [-0.25, -0.2) is 4.68 Å². The monoisotopic (exact) mass is 241 g/mol. The maximum Gasteiger partial charge on any atom is 0.251 e. The van der Waals surface area contributed by atoms with Crippen molar-refractivity contribution in [1.82, 2.24) is 9.78 Å². The Hall–Kier alpha value is -1.14. The van der Waals surface area contributed by atoms with Gasteiger partial charge in [0.05, 0.1) is 11.8 Å². The predicted octanol–water partition coefficient (Wildman–Crippen LogP) is 1.29. The van der Waals surface area contributed by atoms with Gasteiger partial charge in [0, 0.05) is 20.9 Å². The first-order valence-electron chi connectivity index (χ1n) is 5.28. The lowest BCUT2D eigenvalue weighted by Gasteiger charge is -2.15. The molecule has 1 rings (SSSR count). The predicted molar refractivity (Wildman–Crippen MR) is 64.8 cm³/mol. The van der Waals surface area contributed by atoms with E-state index in [9.17, 15) is 4.79 Å². The van der Waals surface area contributed by atoms with Crippen molar-refractivity contribution in [3.05, 3.63) is 18.0 Å². The highest BCUT2D eigenvalue weighted by atomic mass is 28.3. The zero-order valence-electron chi connectivity index (χ0n) is 10.1. The van der Waals surface area contributed by atoms with E-state index in [1.165, 1.54) is 6.20 Å². The van der Waals surface area contributed by atoms with E-state index in [2.05, 4.69) is 24.7 Å². The topological polar surface area (TPSA) is 70.1 Å². The van der Waals surface area contributed by atoms with Crippen molar-refractivity contribution < 1.29 is 9.53 Å². The average molecular weight is 241 g/mol. The number of aromatic nitrogens is 2. The zero-order chi connectivity index (χ0) is 12.2. The Morgan fingerprint density at radius 1 is 1.56 bits per heavy atom. The fourth-order valence-corrected chi connectivity index (χ4v) is 1.85. The molecule has 0 radical (unpaired) electrons. The third-order valence-electron chi connectivity index (χ3n) is 2.14. The van der Waals surface area contributed by atoms with Gasteiger partial charge in [-0.2, -0.15) is 5.10 Å². The lowest BCUT2D eigenvalue weighted by atomic mass is 10.4. The number of nitrogens with zero attached hydrogens (tertiary/aromatic N) is 2. The van der Waals surface area contributed by atoms with Gasteiger partial charge < -0.3 is 10.5 Å². The Morgan fingerprint density at radius 3 is 2.75 bits per heavy atom. The molecule has 0 aliphatic heterocycles. The van der Waals surface area contributed by atoms with E-state index in [4.69, 9.17) is 10.5 Å². The highest BCUT2D eigenvalue weighted by Crippen LogP contribution is 2.07. The summed E-state index contributed by atoms with van der Waals surface area (Å²) in [5.74, 6) is -0.464. The smallest absolute Gasteiger partial charge is 0.251 e. The van der Waals surface area contributed by atoms with E-state index in [1.807, 2.05) is 0 Å². The molecule has 1 aromatic heterocycles. The Balaban J connectivity index is 2.30. The first-order chi connectivity index (χ1) is 7.38. The molecule has 0 aromatic carbocycles. The van der Waals surface area contributed by atoms with Crippen molar-refractivity contribution in [2.24, 2.45) is 5.73 Å². The van der Waals surface area contributed by atoms with Crippen molar-refractivity contribution in [2.75, 3.05) is 6.61 Å². The lowest BCUT2D eigenvalue weighted by molar-refractivity contribution is 0.0784. The molecule has 0 aliphatic carbocycles. The van der Waals surface area contributed by atoms with E-state index >= 15 is 0 Å². The fraction of sp³-hybridized carbons (Fsp3) is 0.600. The number of hydrogen-bond donors (Lipinski definition) is 1. The molecule has 0 saturated carbocycles. The van der Waals surface area contributed by atoms with Crippen molar-refractivity contribution in [3.8, 4) is 0 Å². The molecule has 0 atom stereocenters. The van der Waals surface area contributed by atoms with Crippen LogP contribution in [0.4, 0.5) is 0 Å². The number of rotatable bonds is 6. The molecular weight excluding hydrogens is 222 g/mol. The Kier molecular flexibility index (Phi) is 4.25. The van der Waals surface area contributed by atoms with Crippen molar-refractivity contribution >= 4 is 14.0 Å². The highest BCUT2D eigenvalue weighted by molar-refractivity contribution is 6.76. The third-order valence-corrected chi connectivity index (χ3v) is 3.84. The quantitative estimate of drug-likeness (QED) is 0.602. The minimum atomic E-state index is -1.04. The van der Waals surface area contributed by atoms with Crippen LogP contribution in [0, 0.1) is 0 Å². The number of amides is 1. The Bertz CT molecular complexity index is 357. The minimum absolute atomic E-state index is 0.373. The van der Waals surface area contributed by atoms with Gasteiger partial charge in [-0.3, -0.25) is 4.79 Å². The number of carbonyl (C=O) groups excluding carboxylic acids is 1. The zero-order valence-corrected chi connectivity index (χ0v) is 11.1. The van der Waals surface area contributed by atoms with Crippen LogP contribution in [-0.2, 0) is 11.5 Å². The molecule has 1 heterocycles. The van der Waals surface area contributed by atoms with Crippen LogP contribution in [0.3, 0.4) is 0 Å². The van der Waals surface area contributed by atoms with E-state index in [0.717, 1.165) is 12.7 Å². The van der Waals surface area contributed by atoms with E-state index in [-0.39, 0.29) is 0 Å². The Labute approximate surface area is 96.6 Å². The second-order valence-corrected chi connectivity index (χ2v) is 10.6. The molecule has 1 amide bonds. The molecule has 0 bridgehead atoms. The molecule has 90 valence electrons. The van der Waals surface area contributed by atoms with Gasteiger partial charge in [0.25, 0.3) is 5.91 Å². The molecule has 0 aliphatic rings. The van der Waals surface area contributed by atoms with Crippen molar-refractivity contribution in [2.45, 2.75) is 32.4 Å². The van der Waals surface area contributed by atoms with E-state index in [1.54, 1.807) is 10.9 Å². The Morgan fingerprint density at radius 2 is 2.25 bits per heavy atom. The molecule has 0 fully saturated rings. The van der Waals surface area contributed by atoms with Gasteiger partial charge >= 0.3 is 0 Å². The first-order valence-corrected chi connectivity index (χ1v) is 8.99. The highest BCUT2D eigenvalue weighted by Gasteiger charge is 2.12. The molecule has 0 unspecified atom stereocenters. The van der Waals surface area contributed by atoms with Gasteiger partial charge in [0.15, 0.2) is 0 Å². The van der Waals surface area contributed by atoms with Crippen LogP contribution in [0.15, 0.2) is 12.4 Å². The SMILES string of the molecule is C[Si](C)(C)CCOCn1cc(C(N)=O)cn1. The standard InChI is InChI=1S/C10H19N3O2Si/c1-16(2,3)5-4-15-8-13-7-9(6-12-13)10(11)14/h6-7H,4-5,8H2,1-3H3,(H2,11,14). The molecule has 5 nitrogen and oxygen atoms in total. The van der Waals surface area contributed by atoms with E-state index in [0.29, 0.717) is 12.3 Å². The van der Waals surface area contributed by atoms with Crippen LogP contribution in [-0.4, -0.2) is 30.4 Å². The average Bonchev–Trinajstić information content (AvgIpc) is 2.59. The molecule has 16 heavy (non-hydrogen) atoms. The van der Waals surface area contributed by atoms with E-state index < -0.39 is 14.0 Å². The summed E-state index contributed by atoms with van der Waals surface area (Å²) in [5, 5.41) is 3.97. The van der Waals surface area contributed by atoms with Crippen LogP contribution in [0.5, 0.6) is 0 Å². The van der Waals surface area contributed by atoms with Crippen LogP contribution in [0.1, 0.15) is 10.4 Å². The van der Waals surface area contributed by atoms with Gasteiger partial charge in [0.2, 0.25) is 0 Å². The van der Waals surface area contributed by atoms with Gasteiger partial charge in [-0.15, -0.1) is 0 Å². The maximum atomic E-state index is 10.8. The molecule has 2 N–H and O–H groups in total. The van der Waals surface area contributed by atoms with Crippen LogP contribution >= 0.6 is 0 Å². The van der Waals surface area contributed by atoms with Gasteiger partial charge in [0.1, 0.15) is 6.73 Å². The van der Waals surface area contributed by atoms with Crippen LogP contribution in [0.2, 0.25) is 25.7 Å². The largest absolute Gasteiger partial charge is 0.366 e. The van der Waals surface area contributed by atoms with Gasteiger partial charge in [-0.05, 0) is 6.04 Å². The number of carbonyl (C=O) groups is 1. The maximum absolute atomic E-state index is 10.8. The van der Waals surface area contributed by atoms with Crippen LogP contribution in [0.25, 0.3) is 0 Å². The summed E-state index contributed by atoms with van der Waals surface area (Å²) in [4.78, 5) is 10.8. The van der Waals surface area contributed by atoms with Crippen molar-refractivity contribution in [3.63, 3.8) is 0 Å². The summed E-state index contributed by atoms with van der Waals surface area (Å²) in [6, 6.07) is 1.12. The molecule has 6 heteroatoms. The second-order valence-electron chi connectivity index (χ2n) is 4.98. The number of ether oxygens (including phenoxy) is 1. The summed E-state index contributed by atoms with van der Waals surface area (Å²) >= 11 is 0. The molecule has 0 spiro atoms. The lowest BCUT2D eigenvalue weighted by Crippen LogP contribution is -2.22. The number of hydrogen-bond acceptors (Lipinski definition) is 3. The first kappa shape index (κ1) is 12.9. The summed E-state index contributed by atoms with van der Waals surface area (Å²) in [6.07, 6.45) is 3.04. The van der Waals surface area contributed by atoms with Gasteiger partial charge in [-0.1, -0.05) is 19.6 Å². The number of nitrogens with two attached hydrogens (primary N) is 1. The molecular formula is C10H19N3O2Si. The molecule has 1 aromatic rings. The second kappa shape index (κ2) is 5.27. The summed E-state index contributed by atoms with van der Waals surface area (Å²) in [5.41, 5.74) is 5.52. The summed E-state index contributed by atoms with van der Waals surface area (Å²) < 4.78 is 7.05. The van der Waals surface area contributed by atoms with Crippen LogP contribution < -0.4 is 5.73 Å². The molecule has 0 saturated heterocycles. The fourth-order valence-electron chi connectivity index (χ4n) is 1.10. The summed E-state index contributed by atoms with van der Waals surface area (Å²) in [7, 11) is -1.04. The van der Waals surface area contributed by atoms with Crippen molar-refractivity contribution in [1.29, 1.82) is 0 Å². The third kappa shape index (κ3) is 4.58. The number of primary amides is 1. The summed E-state index contributed by atoms with van der Waals surface area (Å²) in [6.45, 7) is 8.01. The minimum Gasteiger partial charge on any atom is -0.366 e.